The summed E-state index contributed by atoms with van der Waals surface area (Å²) >= 11 is 2.02. The van der Waals surface area contributed by atoms with Crippen LogP contribution in [0.1, 0.15) is 17.0 Å². The summed E-state index contributed by atoms with van der Waals surface area (Å²) in [5, 5.41) is 3.48. The monoisotopic (exact) mass is 312 g/mol. The largest absolute Gasteiger partial charge is 0.369 e. The summed E-state index contributed by atoms with van der Waals surface area (Å²) in [5.41, 5.74) is 2.97. The van der Waals surface area contributed by atoms with Gasteiger partial charge in [-0.15, -0.1) is 0 Å². The van der Waals surface area contributed by atoms with Crippen LogP contribution in [0.25, 0.3) is 0 Å². The molecule has 0 spiro atoms. The molecule has 1 N–H and O–H groups in total. The van der Waals surface area contributed by atoms with E-state index < -0.39 is 0 Å². The van der Waals surface area contributed by atoms with E-state index >= 15 is 0 Å². The zero-order valence-corrected chi connectivity index (χ0v) is 13.4. The van der Waals surface area contributed by atoms with Crippen LogP contribution in [0.2, 0.25) is 0 Å². The zero-order valence-electron chi connectivity index (χ0n) is 12.5. The lowest BCUT2D eigenvalue weighted by molar-refractivity contribution is 0.634. The third-order valence-electron chi connectivity index (χ3n) is 4.48. The summed E-state index contributed by atoms with van der Waals surface area (Å²) in [5.74, 6) is 4.97. The molecule has 2 heterocycles. The molecule has 0 radical (unpaired) electrons. The van der Waals surface area contributed by atoms with Crippen LogP contribution < -0.4 is 10.2 Å². The second-order valence-corrected chi connectivity index (χ2v) is 7.07. The van der Waals surface area contributed by atoms with E-state index in [0.29, 0.717) is 5.92 Å². The van der Waals surface area contributed by atoms with Gasteiger partial charge in [-0.05, 0) is 17.5 Å². The van der Waals surface area contributed by atoms with Crippen LogP contribution >= 0.6 is 11.8 Å². The summed E-state index contributed by atoms with van der Waals surface area (Å²) in [6, 6.07) is 10.8. The number of anilines is 2. The average molecular weight is 312 g/mol. The maximum absolute atomic E-state index is 4.43. The van der Waals surface area contributed by atoms with Gasteiger partial charge in [-0.3, -0.25) is 0 Å². The van der Waals surface area contributed by atoms with Crippen LogP contribution in [0.4, 0.5) is 11.6 Å². The SMILES string of the molecule is c1ccc2c(c1)CC2CNc1cc(N2CCSCC2)ncn1. The first-order chi connectivity index (χ1) is 10.9. The van der Waals surface area contributed by atoms with E-state index in [4.69, 9.17) is 0 Å². The van der Waals surface area contributed by atoms with Gasteiger partial charge in [0.15, 0.2) is 0 Å². The Morgan fingerprint density at radius 3 is 2.91 bits per heavy atom. The van der Waals surface area contributed by atoms with E-state index in [2.05, 4.69) is 50.5 Å². The number of benzene rings is 1. The number of nitrogens with zero attached hydrogens (tertiary/aromatic N) is 3. The average Bonchev–Trinajstić information content (AvgIpc) is 2.57. The van der Waals surface area contributed by atoms with E-state index in [1.165, 1.54) is 29.1 Å². The van der Waals surface area contributed by atoms with Crippen molar-refractivity contribution in [2.45, 2.75) is 12.3 Å². The van der Waals surface area contributed by atoms with Crippen molar-refractivity contribution in [3.63, 3.8) is 0 Å². The van der Waals surface area contributed by atoms with E-state index in [-0.39, 0.29) is 0 Å². The third-order valence-corrected chi connectivity index (χ3v) is 5.42. The highest BCUT2D eigenvalue weighted by Crippen LogP contribution is 2.34. The predicted octanol–water partition coefficient (Wildman–Crippen LogP) is 2.78. The number of aromatic nitrogens is 2. The topological polar surface area (TPSA) is 41.0 Å². The molecule has 1 saturated heterocycles. The van der Waals surface area contributed by atoms with Gasteiger partial charge in [0.1, 0.15) is 18.0 Å². The van der Waals surface area contributed by atoms with Crippen LogP contribution in [-0.2, 0) is 6.42 Å². The molecule has 5 heteroatoms. The number of fused-ring (bicyclic) bond motifs is 1. The Labute approximate surface area is 135 Å². The molecule has 1 aromatic heterocycles. The van der Waals surface area contributed by atoms with Gasteiger partial charge in [-0.2, -0.15) is 11.8 Å². The summed E-state index contributed by atoms with van der Waals surface area (Å²) in [6.45, 7) is 3.11. The molecular formula is C17H20N4S. The van der Waals surface area contributed by atoms with Gasteiger partial charge in [0.05, 0.1) is 0 Å². The van der Waals surface area contributed by atoms with E-state index in [1.807, 2.05) is 11.8 Å². The minimum atomic E-state index is 0.612. The first kappa shape index (κ1) is 13.9. The van der Waals surface area contributed by atoms with Gasteiger partial charge in [-0.1, -0.05) is 24.3 Å². The molecule has 0 amide bonds. The van der Waals surface area contributed by atoms with Crippen LogP contribution in [-0.4, -0.2) is 41.1 Å². The highest BCUT2D eigenvalue weighted by atomic mass is 32.2. The first-order valence-corrected chi connectivity index (χ1v) is 9.02. The molecule has 114 valence electrons. The van der Waals surface area contributed by atoms with Crippen molar-refractivity contribution in [1.82, 2.24) is 9.97 Å². The van der Waals surface area contributed by atoms with Gasteiger partial charge < -0.3 is 10.2 Å². The van der Waals surface area contributed by atoms with Gasteiger partial charge in [0.2, 0.25) is 0 Å². The molecule has 0 saturated carbocycles. The fourth-order valence-corrected chi connectivity index (χ4v) is 4.08. The molecule has 1 fully saturated rings. The third kappa shape index (κ3) is 2.77. The van der Waals surface area contributed by atoms with E-state index in [9.17, 15) is 0 Å². The smallest absolute Gasteiger partial charge is 0.134 e. The molecule has 2 aliphatic rings. The molecule has 0 bridgehead atoms. The molecule has 1 aliphatic heterocycles. The molecular weight excluding hydrogens is 292 g/mol. The number of nitrogens with one attached hydrogen (secondary N) is 1. The highest BCUT2D eigenvalue weighted by Gasteiger charge is 2.25. The van der Waals surface area contributed by atoms with Crippen molar-refractivity contribution in [2.24, 2.45) is 0 Å². The second-order valence-electron chi connectivity index (χ2n) is 5.84. The van der Waals surface area contributed by atoms with Gasteiger partial charge in [-0.25, -0.2) is 9.97 Å². The second kappa shape index (κ2) is 6.16. The zero-order chi connectivity index (χ0) is 14.8. The van der Waals surface area contributed by atoms with Crippen LogP contribution in [0.3, 0.4) is 0 Å². The Morgan fingerprint density at radius 1 is 1.18 bits per heavy atom. The minimum Gasteiger partial charge on any atom is -0.369 e. The van der Waals surface area contributed by atoms with Crippen LogP contribution in [0, 0.1) is 0 Å². The summed E-state index contributed by atoms with van der Waals surface area (Å²) < 4.78 is 0. The summed E-state index contributed by atoms with van der Waals surface area (Å²) in [4.78, 5) is 11.1. The maximum Gasteiger partial charge on any atom is 0.134 e. The highest BCUT2D eigenvalue weighted by molar-refractivity contribution is 7.99. The van der Waals surface area contributed by atoms with Gasteiger partial charge in [0, 0.05) is 43.1 Å². The Kier molecular flexibility index (Phi) is 3.89. The van der Waals surface area contributed by atoms with Crippen LogP contribution in [0.5, 0.6) is 0 Å². The molecule has 22 heavy (non-hydrogen) atoms. The van der Waals surface area contributed by atoms with Gasteiger partial charge in [0.25, 0.3) is 0 Å². The Hall–Kier alpha value is -1.75. The Bertz CT molecular complexity index is 655. The molecule has 1 aliphatic carbocycles. The van der Waals surface area contributed by atoms with Gasteiger partial charge >= 0.3 is 0 Å². The summed E-state index contributed by atoms with van der Waals surface area (Å²) in [7, 11) is 0. The van der Waals surface area contributed by atoms with E-state index in [1.54, 1.807) is 6.33 Å². The van der Waals surface area contributed by atoms with Crippen molar-refractivity contribution in [3.05, 3.63) is 47.8 Å². The number of hydrogen-bond donors (Lipinski definition) is 1. The molecule has 1 atom stereocenters. The fraction of sp³-hybridized carbons (Fsp3) is 0.412. The lowest BCUT2D eigenvalue weighted by atomic mass is 9.78. The van der Waals surface area contributed by atoms with Crippen molar-refractivity contribution in [2.75, 3.05) is 41.4 Å². The molecule has 1 aromatic carbocycles. The fourth-order valence-electron chi connectivity index (χ4n) is 3.18. The maximum atomic E-state index is 4.43. The lowest BCUT2D eigenvalue weighted by Gasteiger charge is -2.30. The lowest BCUT2D eigenvalue weighted by Crippen LogP contribution is -2.33. The minimum absolute atomic E-state index is 0.612. The normalized spacial score (nSPS) is 20.2. The Balaban J connectivity index is 1.39. The quantitative estimate of drug-likeness (QED) is 0.940. The van der Waals surface area contributed by atoms with Crippen molar-refractivity contribution >= 4 is 23.4 Å². The predicted molar refractivity (Wildman–Crippen MR) is 92.9 cm³/mol. The van der Waals surface area contributed by atoms with Crippen molar-refractivity contribution in [3.8, 4) is 0 Å². The van der Waals surface area contributed by atoms with Crippen molar-refractivity contribution < 1.29 is 0 Å². The number of hydrogen-bond acceptors (Lipinski definition) is 5. The molecule has 1 unspecified atom stereocenters. The summed E-state index contributed by atoms with van der Waals surface area (Å²) in [6.07, 6.45) is 2.85. The first-order valence-electron chi connectivity index (χ1n) is 7.86. The van der Waals surface area contributed by atoms with Crippen molar-refractivity contribution in [1.29, 1.82) is 0 Å². The number of thioether (sulfide) groups is 1. The molecule has 4 nitrogen and oxygen atoms in total. The standard InChI is InChI=1S/C17H20N4S/c1-2-4-15-13(3-1)9-14(15)11-18-16-10-17(20-12-19-16)21-5-7-22-8-6-21/h1-4,10,12,14H,5-9,11H2,(H,18,19,20). The number of rotatable bonds is 4. The van der Waals surface area contributed by atoms with Crippen LogP contribution in [0.15, 0.2) is 36.7 Å². The van der Waals surface area contributed by atoms with E-state index in [0.717, 1.165) is 31.3 Å². The molecule has 2 aromatic rings. The Morgan fingerprint density at radius 2 is 2.05 bits per heavy atom. The molecule has 4 rings (SSSR count).